The van der Waals surface area contributed by atoms with Crippen LogP contribution in [0, 0.1) is 11.3 Å². The molecule has 29 heavy (non-hydrogen) atoms. The zero-order chi connectivity index (χ0) is 21.0. The van der Waals surface area contributed by atoms with Crippen molar-refractivity contribution in [2.45, 2.75) is 32.4 Å². The van der Waals surface area contributed by atoms with E-state index < -0.39 is 12.1 Å². The van der Waals surface area contributed by atoms with Crippen molar-refractivity contribution < 1.29 is 19.1 Å². The van der Waals surface area contributed by atoms with Gasteiger partial charge in [0.05, 0.1) is 7.11 Å². The zero-order valence-electron chi connectivity index (χ0n) is 16.6. The van der Waals surface area contributed by atoms with E-state index >= 15 is 0 Å². The fourth-order valence-corrected chi connectivity index (χ4v) is 3.38. The van der Waals surface area contributed by atoms with Crippen LogP contribution in [0.3, 0.4) is 0 Å². The smallest absolute Gasteiger partial charge is 0.349 e. The number of carbonyl (C=O) groups is 2. The Bertz CT molecular complexity index is 989. The molecule has 148 valence electrons. The predicted molar refractivity (Wildman–Crippen MR) is 109 cm³/mol. The first-order chi connectivity index (χ1) is 13.9. The molecule has 6 nitrogen and oxygen atoms in total. The van der Waals surface area contributed by atoms with Gasteiger partial charge in [-0.05, 0) is 55.7 Å². The van der Waals surface area contributed by atoms with Gasteiger partial charge in [-0.15, -0.1) is 0 Å². The van der Waals surface area contributed by atoms with Crippen LogP contribution in [-0.4, -0.2) is 31.1 Å². The SMILES string of the molecule is COc1ccc(/C=C(\C#N)C(=O)O[C@@H](C)C(=O)N2c3ccccc3C[C@H]2C)cc1. The van der Waals surface area contributed by atoms with Gasteiger partial charge in [-0.25, -0.2) is 4.79 Å². The van der Waals surface area contributed by atoms with Gasteiger partial charge < -0.3 is 14.4 Å². The average molecular weight is 390 g/mol. The summed E-state index contributed by atoms with van der Waals surface area (Å²) in [7, 11) is 1.56. The van der Waals surface area contributed by atoms with Crippen molar-refractivity contribution in [3.8, 4) is 11.8 Å². The summed E-state index contributed by atoms with van der Waals surface area (Å²) in [5, 5.41) is 9.35. The van der Waals surface area contributed by atoms with E-state index in [1.54, 1.807) is 36.3 Å². The molecule has 0 saturated heterocycles. The number of benzene rings is 2. The van der Waals surface area contributed by atoms with Crippen LogP contribution in [0.4, 0.5) is 5.69 Å². The lowest BCUT2D eigenvalue weighted by Crippen LogP contribution is -2.43. The van der Waals surface area contributed by atoms with Crippen molar-refractivity contribution >= 4 is 23.6 Å². The molecule has 1 aliphatic heterocycles. The summed E-state index contributed by atoms with van der Waals surface area (Å²) in [4.78, 5) is 27.0. The average Bonchev–Trinajstić information content (AvgIpc) is 3.07. The van der Waals surface area contributed by atoms with Crippen LogP contribution in [0.1, 0.15) is 25.0 Å². The summed E-state index contributed by atoms with van der Waals surface area (Å²) < 4.78 is 10.4. The molecule has 2 aromatic carbocycles. The summed E-state index contributed by atoms with van der Waals surface area (Å²) >= 11 is 0. The standard InChI is InChI=1S/C23H22N2O4/c1-15-12-18-6-4-5-7-21(18)25(15)22(26)16(2)29-23(27)19(14-24)13-17-8-10-20(28-3)11-9-17/h4-11,13,15-16H,12H2,1-3H3/b19-13+/t15-,16+/m1/s1. The lowest BCUT2D eigenvalue weighted by molar-refractivity contribution is -0.149. The summed E-state index contributed by atoms with van der Waals surface area (Å²) in [6, 6.07) is 16.4. The highest BCUT2D eigenvalue weighted by atomic mass is 16.5. The Morgan fingerprint density at radius 1 is 1.21 bits per heavy atom. The number of hydrogen-bond donors (Lipinski definition) is 0. The Balaban J connectivity index is 1.72. The van der Waals surface area contributed by atoms with Gasteiger partial charge in [-0.3, -0.25) is 4.79 Å². The number of anilines is 1. The van der Waals surface area contributed by atoms with Gasteiger partial charge in [-0.1, -0.05) is 30.3 Å². The lowest BCUT2D eigenvalue weighted by Gasteiger charge is -2.25. The Morgan fingerprint density at radius 2 is 1.90 bits per heavy atom. The molecule has 0 unspecified atom stereocenters. The van der Waals surface area contributed by atoms with Crippen molar-refractivity contribution in [2.24, 2.45) is 0 Å². The number of ether oxygens (including phenoxy) is 2. The lowest BCUT2D eigenvalue weighted by atomic mass is 10.1. The number of esters is 1. The Labute approximate surface area is 170 Å². The van der Waals surface area contributed by atoms with Gasteiger partial charge in [-0.2, -0.15) is 5.26 Å². The molecule has 1 aliphatic rings. The predicted octanol–water partition coefficient (Wildman–Crippen LogP) is 3.51. The Morgan fingerprint density at radius 3 is 2.55 bits per heavy atom. The summed E-state index contributed by atoms with van der Waals surface area (Å²) in [6.07, 6.45) is 1.17. The molecule has 2 atom stereocenters. The second kappa shape index (κ2) is 8.61. The molecule has 0 bridgehead atoms. The third kappa shape index (κ3) is 4.30. The molecule has 0 radical (unpaired) electrons. The summed E-state index contributed by atoms with van der Waals surface area (Å²) in [6.45, 7) is 3.48. The van der Waals surface area contributed by atoms with E-state index in [1.165, 1.54) is 13.0 Å². The molecule has 0 saturated carbocycles. The van der Waals surface area contributed by atoms with Crippen molar-refractivity contribution in [1.82, 2.24) is 0 Å². The Hall–Kier alpha value is -3.59. The molecule has 0 aliphatic carbocycles. The van der Waals surface area contributed by atoms with E-state index in [0.717, 1.165) is 17.7 Å². The molecular weight excluding hydrogens is 368 g/mol. The highest BCUT2D eigenvalue weighted by Crippen LogP contribution is 2.32. The molecule has 0 aromatic heterocycles. The molecule has 0 fully saturated rings. The van der Waals surface area contributed by atoms with Gasteiger partial charge >= 0.3 is 5.97 Å². The van der Waals surface area contributed by atoms with E-state index in [-0.39, 0.29) is 17.5 Å². The molecule has 2 aromatic rings. The molecule has 1 heterocycles. The number of hydrogen-bond acceptors (Lipinski definition) is 5. The van der Waals surface area contributed by atoms with E-state index in [1.807, 2.05) is 37.3 Å². The van der Waals surface area contributed by atoms with Gasteiger partial charge in [0.2, 0.25) is 0 Å². The number of nitriles is 1. The number of fused-ring (bicyclic) bond motifs is 1. The number of nitrogens with zero attached hydrogens (tertiary/aromatic N) is 2. The van der Waals surface area contributed by atoms with Crippen LogP contribution in [0.5, 0.6) is 5.75 Å². The van der Waals surface area contributed by atoms with Crippen LogP contribution in [-0.2, 0) is 20.7 Å². The molecule has 6 heteroatoms. The first kappa shape index (κ1) is 20.2. The van der Waals surface area contributed by atoms with Crippen molar-refractivity contribution in [1.29, 1.82) is 5.26 Å². The van der Waals surface area contributed by atoms with E-state index in [9.17, 15) is 14.9 Å². The maximum atomic E-state index is 12.9. The maximum absolute atomic E-state index is 12.9. The molecular formula is C23H22N2O4. The largest absolute Gasteiger partial charge is 0.497 e. The van der Waals surface area contributed by atoms with Crippen LogP contribution >= 0.6 is 0 Å². The van der Waals surface area contributed by atoms with Crippen LogP contribution in [0.2, 0.25) is 0 Å². The first-order valence-corrected chi connectivity index (χ1v) is 9.32. The van der Waals surface area contributed by atoms with Gasteiger partial charge in [0.15, 0.2) is 6.10 Å². The molecule has 1 amide bonds. The Kier molecular flexibility index (Phi) is 5.99. The number of methoxy groups -OCH3 is 1. The highest BCUT2D eigenvalue weighted by Gasteiger charge is 2.34. The molecule has 0 spiro atoms. The minimum absolute atomic E-state index is 0.0219. The zero-order valence-corrected chi connectivity index (χ0v) is 16.6. The minimum Gasteiger partial charge on any atom is -0.497 e. The van der Waals surface area contributed by atoms with Crippen molar-refractivity contribution in [2.75, 3.05) is 12.0 Å². The van der Waals surface area contributed by atoms with E-state index in [4.69, 9.17) is 9.47 Å². The topological polar surface area (TPSA) is 79.6 Å². The number of rotatable bonds is 5. The normalized spacial score (nSPS) is 16.6. The second-order valence-corrected chi connectivity index (χ2v) is 6.88. The summed E-state index contributed by atoms with van der Waals surface area (Å²) in [5.74, 6) is -0.468. The highest BCUT2D eigenvalue weighted by molar-refractivity contribution is 6.03. The van der Waals surface area contributed by atoms with Crippen LogP contribution in [0.25, 0.3) is 6.08 Å². The number of amides is 1. The van der Waals surface area contributed by atoms with E-state index in [2.05, 4.69) is 0 Å². The van der Waals surface area contributed by atoms with E-state index in [0.29, 0.717) is 11.3 Å². The van der Waals surface area contributed by atoms with Crippen molar-refractivity contribution in [3.63, 3.8) is 0 Å². The third-order valence-electron chi connectivity index (χ3n) is 4.84. The minimum atomic E-state index is -1.01. The number of carbonyl (C=O) groups excluding carboxylic acids is 2. The first-order valence-electron chi connectivity index (χ1n) is 9.32. The third-order valence-corrected chi connectivity index (χ3v) is 4.84. The quantitative estimate of drug-likeness (QED) is 0.443. The van der Waals surface area contributed by atoms with Crippen molar-refractivity contribution in [3.05, 3.63) is 65.2 Å². The van der Waals surface area contributed by atoms with Crippen LogP contribution in [0.15, 0.2) is 54.1 Å². The molecule has 3 rings (SSSR count). The van der Waals surface area contributed by atoms with Crippen LogP contribution < -0.4 is 9.64 Å². The number of para-hydroxylation sites is 1. The fraction of sp³-hybridized carbons (Fsp3) is 0.261. The second-order valence-electron chi connectivity index (χ2n) is 6.88. The maximum Gasteiger partial charge on any atom is 0.349 e. The van der Waals surface area contributed by atoms with Gasteiger partial charge in [0.25, 0.3) is 5.91 Å². The monoisotopic (exact) mass is 390 g/mol. The summed E-state index contributed by atoms with van der Waals surface area (Å²) in [5.41, 5.74) is 2.40. The molecule has 0 N–H and O–H groups in total. The van der Waals surface area contributed by atoms with Gasteiger partial charge in [0.1, 0.15) is 17.4 Å². The van der Waals surface area contributed by atoms with Gasteiger partial charge in [0, 0.05) is 11.7 Å². The fourth-order valence-electron chi connectivity index (χ4n) is 3.38.